The molecule has 0 aromatic carbocycles. The highest BCUT2D eigenvalue weighted by molar-refractivity contribution is 7.10. The van der Waals surface area contributed by atoms with Crippen LogP contribution in [0.25, 0.3) is 0 Å². The first-order valence-electron chi connectivity index (χ1n) is 5.48. The van der Waals surface area contributed by atoms with Gasteiger partial charge in [0.15, 0.2) is 0 Å². The summed E-state index contributed by atoms with van der Waals surface area (Å²) in [6, 6.07) is 2.13. The first-order chi connectivity index (χ1) is 6.74. The highest BCUT2D eigenvalue weighted by atomic mass is 32.1. The summed E-state index contributed by atoms with van der Waals surface area (Å²) in [7, 11) is 0. The molecule has 0 radical (unpaired) electrons. The number of hydrogen-bond donors (Lipinski definition) is 1. The van der Waals surface area contributed by atoms with E-state index in [9.17, 15) is 5.11 Å². The molecule has 1 atom stereocenters. The van der Waals surface area contributed by atoms with Crippen molar-refractivity contribution in [2.75, 3.05) is 0 Å². The summed E-state index contributed by atoms with van der Waals surface area (Å²) in [5.74, 6) is 0.416. The topological polar surface area (TPSA) is 20.2 Å². The predicted molar refractivity (Wildman–Crippen MR) is 62.7 cm³/mol. The van der Waals surface area contributed by atoms with E-state index in [1.54, 1.807) is 11.3 Å². The molecule has 0 amide bonds. The molecule has 14 heavy (non-hydrogen) atoms. The van der Waals surface area contributed by atoms with Crippen LogP contribution in [0.15, 0.2) is 11.4 Å². The zero-order chi connectivity index (χ0) is 10.6. The molecule has 1 aromatic heterocycles. The van der Waals surface area contributed by atoms with Gasteiger partial charge >= 0.3 is 0 Å². The molecule has 0 saturated carbocycles. The van der Waals surface area contributed by atoms with Gasteiger partial charge in [0.05, 0.1) is 6.10 Å². The van der Waals surface area contributed by atoms with Gasteiger partial charge in [0, 0.05) is 4.88 Å². The van der Waals surface area contributed by atoms with Crippen molar-refractivity contribution in [1.82, 2.24) is 0 Å². The summed E-state index contributed by atoms with van der Waals surface area (Å²) in [4.78, 5) is 1.18. The fourth-order valence-electron chi connectivity index (χ4n) is 1.85. The van der Waals surface area contributed by atoms with Gasteiger partial charge in [-0.15, -0.1) is 11.3 Å². The minimum Gasteiger partial charge on any atom is -0.387 e. The van der Waals surface area contributed by atoms with Crippen LogP contribution in [-0.4, -0.2) is 5.11 Å². The van der Waals surface area contributed by atoms with Crippen molar-refractivity contribution in [3.05, 3.63) is 21.9 Å². The van der Waals surface area contributed by atoms with Gasteiger partial charge in [-0.2, -0.15) is 0 Å². The van der Waals surface area contributed by atoms with Gasteiger partial charge in [-0.3, -0.25) is 0 Å². The molecular formula is C12H20OS. The summed E-state index contributed by atoms with van der Waals surface area (Å²) in [6.07, 6.45) is 2.88. The highest BCUT2D eigenvalue weighted by Crippen LogP contribution is 2.33. The van der Waals surface area contributed by atoms with Crippen LogP contribution >= 0.6 is 11.3 Å². The standard InChI is InChI=1S/C12H20OS/c1-4-9(5-2)11(13)12-10(6-3)7-8-14-12/h7-9,11,13H,4-6H2,1-3H3. The SMILES string of the molecule is CCc1ccsc1C(O)C(CC)CC. The predicted octanol–water partition coefficient (Wildman–Crippen LogP) is 3.78. The van der Waals surface area contributed by atoms with Crippen LogP contribution in [0.4, 0.5) is 0 Å². The molecule has 1 nitrogen and oxygen atoms in total. The third-order valence-corrected chi connectivity index (χ3v) is 3.96. The Kier molecular flexibility index (Phi) is 4.63. The van der Waals surface area contributed by atoms with Crippen LogP contribution in [0.1, 0.15) is 50.2 Å². The third-order valence-electron chi connectivity index (χ3n) is 2.93. The number of thiophene rings is 1. The minimum absolute atomic E-state index is 0.250. The second-order valence-corrected chi connectivity index (χ2v) is 4.63. The Morgan fingerprint density at radius 2 is 1.93 bits per heavy atom. The molecule has 0 aliphatic rings. The lowest BCUT2D eigenvalue weighted by Crippen LogP contribution is -2.10. The van der Waals surface area contributed by atoms with Gasteiger partial charge in [0.1, 0.15) is 0 Å². The Bertz CT molecular complexity index is 263. The number of aliphatic hydroxyl groups is 1. The molecular weight excluding hydrogens is 192 g/mol. The number of rotatable bonds is 5. The Morgan fingerprint density at radius 1 is 1.29 bits per heavy atom. The largest absolute Gasteiger partial charge is 0.387 e. The van der Waals surface area contributed by atoms with E-state index >= 15 is 0 Å². The normalized spacial score (nSPS) is 13.5. The summed E-state index contributed by atoms with van der Waals surface area (Å²) in [5, 5.41) is 12.3. The fraction of sp³-hybridized carbons (Fsp3) is 0.667. The average molecular weight is 212 g/mol. The van der Waals surface area contributed by atoms with Crippen molar-refractivity contribution in [3.8, 4) is 0 Å². The average Bonchev–Trinajstić information content (AvgIpc) is 2.67. The van der Waals surface area contributed by atoms with E-state index < -0.39 is 0 Å². The van der Waals surface area contributed by atoms with E-state index in [1.807, 2.05) is 0 Å². The molecule has 2 heteroatoms. The Morgan fingerprint density at radius 3 is 2.43 bits per heavy atom. The molecule has 1 unspecified atom stereocenters. The van der Waals surface area contributed by atoms with E-state index in [1.165, 1.54) is 10.4 Å². The van der Waals surface area contributed by atoms with Crippen LogP contribution in [0.5, 0.6) is 0 Å². The summed E-state index contributed by atoms with van der Waals surface area (Å²) in [5.41, 5.74) is 1.31. The molecule has 0 bridgehead atoms. The van der Waals surface area contributed by atoms with Crippen molar-refractivity contribution in [2.24, 2.45) is 5.92 Å². The van der Waals surface area contributed by atoms with Crippen molar-refractivity contribution >= 4 is 11.3 Å². The van der Waals surface area contributed by atoms with Gasteiger partial charge in [-0.05, 0) is 29.3 Å². The van der Waals surface area contributed by atoms with E-state index in [4.69, 9.17) is 0 Å². The highest BCUT2D eigenvalue weighted by Gasteiger charge is 2.20. The van der Waals surface area contributed by atoms with Crippen molar-refractivity contribution in [1.29, 1.82) is 0 Å². The van der Waals surface area contributed by atoms with Crippen LogP contribution in [-0.2, 0) is 6.42 Å². The molecule has 1 rings (SSSR count). The van der Waals surface area contributed by atoms with E-state index in [-0.39, 0.29) is 6.10 Å². The summed E-state index contributed by atoms with van der Waals surface area (Å²) >= 11 is 1.69. The maximum absolute atomic E-state index is 10.2. The molecule has 0 fully saturated rings. The maximum Gasteiger partial charge on any atom is 0.0912 e. The molecule has 0 saturated heterocycles. The minimum atomic E-state index is -0.250. The van der Waals surface area contributed by atoms with Gasteiger partial charge < -0.3 is 5.11 Å². The van der Waals surface area contributed by atoms with Crippen LogP contribution < -0.4 is 0 Å². The fourth-order valence-corrected chi connectivity index (χ4v) is 2.92. The van der Waals surface area contributed by atoms with E-state index in [0.717, 1.165) is 19.3 Å². The molecule has 0 aliphatic heterocycles. The number of aliphatic hydroxyl groups excluding tert-OH is 1. The van der Waals surface area contributed by atoms with Crippen LogP contribution in [0, 0.1) is 5.92 Å². The second kappa shape index (κ2) is 5.52. The Labute approximate surface area is 90.8 Å². The number of hydrogen-bond acceptors (Lipinski definition) is 2. The molecule has 1 aromatic rings. The quantitative estimate of drug-likeness (QED) is 0.787. The van der Waals surface area contributed by atoms with E-state index in [0.29, 0.717) is 5.92 Å². The Hall–Kier alpha value is -0.340. The second-order valence-electron chi connectivity index (χ2n) is 3.69. The first kappa shape index (κ1) is 11.7. The van der Waals surface area contributed by atoms with Gasteiger partial charge in [-0.1, -0.05) is 33.6 Å². The molecule has 1 N–H and O–H groups in total. The zero-order valence-corrected chi connectivity index (χ0v) is 10.1. The van der Waals surface area contributed by atoms with Crippen LogP contribution in [0.2, 0.25) is 0 Å². The molecule has 1 heterocycles. The molecule has 80 valence electrons. The van der Waals surface area contributed by atoms with Gasteiger partial charge in [0.2, 0.25) is 0 Å². The van der Waals surface area contributed by atoms with Crippen molar-refractivity contribution in [2.45, 2.75) is 46.1 Å². The summed E-state index contributed by atoms with van der Waals surface area (Å²) in [6.45, 7) is 6.44. The lowest BCUT2D eigenvalue weighted by atomic mass is 9.93. The van der Waals surface area contributed by atoms with Gasteiger partial charge in [-0.25, -0.2) is 0 Å². The molecule has 0 spiro atoms. The van der Waals surface area contributed by atoms with Gasteiger partial charge in [0.25, 0.3) is 0 Å². The third kappa shape index (κ3) is 2.37. The van der Waals surface area contributed by atoms with Crippen LogP contribution in [0.3, 0.4) is 0 Å². The maximum atomic E-state index is 10.2. The lowest BCUT2D eigenvalue weighted by molar-refractivity contribution is 0.106. The lowest BCUT2D eigenvalue weighted by Gasteiger charge is -2.20. The van der Waals surface area contributed by atoms with Crippen molar-refractivity contribution < 1.29 is 5.11 Å². The Balaban J connectivity index is 2.81. The zero-order valence-electron chi connectivity index (χ0n) is 9.29. The number of aryl methyl sites for hydroxylation is 1. The monoisotopic (exact) mass is 212 g/mol. The first-order valence-corrected chi connectivity index (χ1v) is 6.36. The van der Waals surface area contributed by atoms with E-state index in [2.05, 4.69) is 32.2 Å². The molecule has 0 aliphatic carbocycles. The summed E-state index contributed by atoms with van der Waals surface area (Å²) < 4.78 is 0. The smallest absolute Gasteiger partial charge is 0.0912 e. The van der Waals surface area contributed by atoms with Crippen molar-refractivity contribution in [3.63, 3.8) is 0 Å².